The van der Waals surface area contributed by atoms with Crippen molar-refractivity contribution in [2.24, 2.45) is 0 Å². The lowest BCUT2D eigenvalue weighted by molar-refractivity contribution is 0.171. The molecule has 47 valence electrons. The van der Waals surface area contributed by atoms with Crippen molar-refractivity contribution in [3.8, 4) is 0 Å². The first kappa shape index (κ1) is 6.05. The molecule has 1 rings (SSSR count). The van der Waals surface area contributed by atoms with Crippen LogP contribution in [0.3, 0.4) is 0 Å². The van der Waals surface area contributed by atoms with E-state index in [0.29, 0.717) is 0 Å². The highest BCUT2D eigenvalue weighted by Crippen LogP contribution is 2.12. The maximum Gasteiger partial charge on any atom is 0.0991 e. The first-order valence-electron chi connectivity index (χ1n) is 3.03. The second-order valence-corrected chi connectivity index (χ2v) is 1.99. The van der Waals surface area contributed by atoms with Crippen LogP contribution in [0.1, 0.15) is 12.8 Å². The van der Waals surface area contributed by atoms with Crippen molar-refractivity contribution in [2.45, 2.75) is 12.8 Å². The van der Waals surface area contributed by atoms with Crippen LogP contribution in [-0.2, 0) is 4.74 Å². The minimum atomic E-state index is 1.09. The van der Waals surface area contributed by atoms with E-state index in [-0.39, 0.29) is 0 Å². The number of rotatable bonds is 1. The summed E-state index contributed by atoms with van der Waals surface area (Å²) in [6, 6.07) is 0. The van der Waals surface area contributed by atoms with Crippen LogP contribution < -0.4 is 5.32 Å². The normalized spacial score (nSPS) is 23.6. The fraction of sp³-hybridized carbons (Fsp3) is 0.833. The third kappa shape index (κ3) is 1.46. The SMILES string of the molecule is CO[C]1CCNCC1. The van der Waals surface area contributed by atoms with E-state index in [2.05, 4.69) is 5.32 Å². The molecule has 0 aliphatic carbocycles. The predicted molar refractivity (Wildman–Crippen MR) is 32.4 cm³/mol. The minimum absolute atomic E-state index is 1.09. The number of methoxy groups -OCH3 is 1. The van der Waals surface area contributed by atoms with Gasteiger partial charge in [0.25, 0.3) is 0 Å². The Morgan fingerprint density at radius 3 is 2.38 bits per heavy atom. The molecule has 0 amide bonds. The van der Waals surface area contributed by atoms with Crippen LogP contribution in [0.15, 0.2) is 0 Å². The molecule has 0 aromatic carbocycles. The number of piperidine rings is 1. The zero-order valence-electron chi connectivity index (χ0n) is 5.24. The van der Waals surface area contributed by atoms with Gasteiger partial charge in [-0.25, -0.2) is 0 Å². The van der Waals surface area contributed by atoms with Crippen LogP contribution in [0.5, 0.6) is 0 Å². The molecule has 1 aliphatic heterocycles. The molecule has 1 heterocycles. The van der Waals surface area contributed by atoms with Gasteiger partial charge >= 0.3 is 0 Å². The summed E-state index contributed by atoms with van der Waals surface area (Å²) in [5, 5.41) is 3.25. The van der Waals surface area contributed by atoms with Gasteiger partial charge in [-0.1, -0.05) is 0 Å². The largest absolute Gasteiger partial charge is 0.375 e. The molecule has 1 saturated heterocycles. The number of hydrogen-bond acceptors (Lipinski definition) is 2. The summed E-state index contributed by atoms with van der Waals surface area (Å²) in [6.07, 6.45) is 3.43. The summed E-state index contributed by atoms with van der Waals surface area (Å²) in [4.78, 5) is 0. The first-order chi connectivity index (χ1) is 3.93. The summed E-state index contributed by atoms with van der Waals surface area (Å²) in [6.45, 7) is 2.17. The highest BCUT2D eigenvalue weighted by Gasteiger charge is 2.11. The first-order valence-corrected chi connectivity index (χ1v) is 3.03. The van der Waals surface area contributed by atoms with Crippen molar-refractivity contribution >= 4 is 0 Å². The topological polar surface area (TPSA) is 21.3 Å². The van der Waals surface area contributed by atoms with Crippen LogP contribution in [0.2, 0.25) is 0 Å². The fourth-order valence-electron chi connectivity index (χ4n) is 0.910. The average molecular weight is 114 g/mol. The lowest BCUT2D eigenvalue weighted by atomic mass is 10.1. The molecule has 0 saturated carbocycles. The average Bonchev–Trinajstić information content (AvgIpc) is 1.90. The molecule has 1 radical (unpaired) electrons. The van der Waals surface area contributed by atoms with Crippen molar-refractivity contribution in [3.05, 3.63) is 6.10 Å². The maximum atomic E-state index is 5.07. The van der Waals surface area contributed by atoms with Crippen LogP contribution in [0.4, 0.5) is 0 Å². The van der Waals surface area contributed by atoms with Gasteiger partial charge in [-0.3, -0.25) is 0 Å². The molecule has 2 heteroatoms. The number of hydrogen-bond donors (Lipinski definition) is 1. The zero-order chi connectivity index (χ0) is 5.82. The molecular formula is C6H12NO. The van der Waals surface area contributed by atoms with Crippen molar-refractivity contribution in [1.29, 1.82) is 0 Å². The Morgan fingerprint density at radius 1 is 1.38 bits per heavy atom. The third-order valence-corrected chi connectivity index (χ3v) is 1.45. The summed E-state index contributed by atoms with van der Waals surface area (Å²) in [7, 11) is 1.75. The quantitative estimate of drug-likeness (QED) is 0.537. The second-order valence-electron chi connectivity index (χ2n) is 1.99. The van der Waals surface area contributed by atoms with Crippen LogP contribution in [-0.4, -0.2) is 20.2 Å². The van der Waals surface area contributed by atoms with Gasteiger partial charge < -0.3 is 10.1 Å². The van der Waals surface area contributed by atoms with Crippen molar-refractivity contribution < 1.29 is 4.74 Å². The van der Waals surface area contributed by atoms with E-state index < -0.39 is 0 Å². The molecule has 0 bridgehead atoms. The van der Waals surface area contributed by atoms with E-state index >= 15 is 0 Å². The van der Waals surface area contributed by atoms with E-state index in [1.807, 2.05) is 0 Å². The Bertz CT molecular complexity index is 59.5. The standard InChI is InChI=1S/C6H12NO/c1-8-6-2-4-7-5-3-6/h7H,2-5H2,1H3. The lowest BCUT2D eigenvalue weighted by Gasteiger charge is -2.19. The van der Waals surface area contributed by atoms with Gasteiger partial charge in [-0.05, 0) is 25.9 Å². The summed E-state index contributed by atoms with van der Waals surface area (Å²) in [5.41, 5.74) is 0. The molecule has 8 heavy (non-hydrogen) atoms. The predicted octanol–water partition coefficient (Wildman–Crippen LogP) is 0.548. The molecule has 2 nitrogen and oxygen atoms in total. The molecule has 0 aromatic heterocycles. The van der Waals surface area contributed by atoms with Gasteiger partial charge in [0, 0.05) is 7.11 Å². The lowest BCUT2D eigenvalue weighted by Crippen LogP contribution is -2.27. The third-order valence-electron chi connectivity index (χ3n) is 1.45. The summed E-state index contributed by atoms with van der Waals surface area (Å²) in [5.74, 6) is 0. The fourth-order valence-corrected chi connectivity index (χ4v) is 0.910. The van der Waals surface area contributed by atoms with Crippen molar-refractivity contribution in [2.75, 3.05) is 20.2 Å². The Labute approximate surface area is 50.2 Å². The monoisotopic (exact) mass is 114 g/mol. The zero-order valence-corrected chi connectivity index (χ0v) is 5.24. The van der Waals surface area contributed by atoms with Crippen LogP contribution in [0.25, 0.3) is 0 Å². The molecule has 1 aliphatic rings. The van der Waals surface area contributed by atoms with Gasteiger partial charge in [0.1, 0.15) is 0 Å². The van der Waals surface area contributed by atoms with E-state index in [9.17, 15) is 0 Å². The molecule has 1 N–H and O–H groups in total. The van der Waals surface area contributed by atoms with Gasteiger partial charge in [0.2, 0.25) is 0 Å². The molecular weight excluding hydrogens is 102 g/mol. The maximum absolute atomic E-state index is 5.07. The molecule has 0 aromatic rings. The highest BCUT2D eigenvalue weighted by atomic mass is 16.5. The van der Waals surface area contributed by atoms with E-state index in [4.69, 9.17) is 4.74 Å². The van der Waals surface area contributed by atoms with Crippen molar-refractivity contribution in [1.82, 2.24) is 5.32 Å². The Morgan fingerprint density at radius 2 is 2.00 bits per heavy atom. The molecule has 1 fully saturated rings. The second kappa shape index (κ2) is 3.05. The van der Waals surface area contributed by atoms with E-state index in [0.717, 1.165) is 25.9 Å². The van der Waals surface area contributed by atoms with Gasteiger partial charge in [-0.15, -0.1) is 0 Å². The van der Waals surface area contributed by atoms with Gasteiger partial charge in [-0.2, -0.15) is 0 Å². The Balaban J connectivity index is 2.13. The smallest absolute Gasteiger partial charge is 0.0991 e. The molecule has 0 atom stereocenters. The summed E-state index contributed by atoms with van der Waals surface area (Å²) >= 11 is 0. The van der Waals surface area contributed by atoms with Gasteiger partial charge in [0.05, 0.1) is 6.10 Å². The van der Waals surface area contributed by atoms with Crippen LogP contribution in [0, 0.1) is 6.10 Å². The molecule has 0 spiro atoms. The van der Waals surface area contributed by atoms with Crippen molar-refractivity contribution in [3.63, 3.8) is 0 Å². The van der Waals surface area contributed by atoms with E-state index in [1.165, 1.54) is 6.10 Å². The number of ether oxygens (including phenoxy) is 1. The Kier molecular flexibility index (Phi) is 2.30. The van der Waals surface area contributed by atoms with E-state index in [1.54, 1.807) is 7.11 Å². The van der Waals surface area contributed by atoms with Crippen LogP contribution >= 0.6 is 0 Å². The Hall–Kier alpha value is -0.0800. The molecule has 0 unspecified atom stereocenters. The minimum Gasteiger partial charge on any atom is -0.375 e. The van der Waals surface area contributed by atoms with Gasteiger partial charge in [0.15, 0.2) is 0 Å². The summed E-state index contributed by atoms with van der Waals surface area (Å²) < 4.78 is 5.07. The number of nitrogens with one attached hydrogen (secondary N) is 1. The highest BCUT2D eigenvalue weighted by molar-refractivity contribution is 4.83.